The number of aliphatic hydroxyl groups excluding tert-OH is 1. The van der Waals surface area contributed by atoms with E-state index in [1.165, 1.54) is 5.57 Å². The van der Waals surface area contributed by atoms with Crippen molar-refractivity contribution in [2.24, 2.45) is 56.2 Å². The van der Waals surface area contributed by atoms with Crippen molar-refractivity contribution in [2.75, 3.05) is 33.7 Å². The average Bonchev–Trinajstić information content (AvgIpc) is 3.88. The molecular weight excluding hydrogens is 764 g/mol. The molecule has 1 aromatic heterocycles. The highest BCUT2D eigenvalue weighted by molar-refractivity contribution is 6.30. The number of ether oxygens (including phenoxy) is 1. The smallest absolute Gasteiger partial charge is 0.309 e. The van der Waals surface area contributed by atoms with E-state index in [0.717, 1.165) is 88.7 Å². The standard InChI is InChI=1S/C48H73ClN4O6/c1-29(2)38-32(54)24-47(35(55)28-53(23-22-52(10)11)48(20-21-48)40-50-26-30(49)27-51-40)19-18-45(8)31(39(38)47)12-13-34-44(7)16-15-36(59-37(56)25-42(3,4)41(57)58)43(5,6)33(44)14-17-46(34,45)9/h26-27,29,31,33-36,55H,12-25,28H2,1-11H3,(H,57,58). The number of carboxylic acids is 1. The number of likely N-dealkylation sites (N-methyl/N-ethyl adjacent to an activating group) is 1. The molecule has 0 aromatic carbocycles. The van der Waals surface area contributed by atoms with Gasteiger partial charge in [-0.1, -0.05) is 65.6 Å². The van der Waals surface area contributed by atoms with Gasteiger partial charge in [-0.05, 0) is 138 Å². The predicted molar refractivity (Wildman–Crippen MR) is 229 cm³/mol. The van der Waals surface area contributed by atoms with Crippen molar-refractivity contribution in [1.29, 1.82) is 0 Å². The van der Waals surface area contributed by atoms with Crippen LogP contribution in [-0.2, 0) is 24.7 Å². The largest absolute Gasteiger partial charge is 0.481 e. The number of carboxylic acid groups (broad SMARTS) is 1. The third kappa shape index (κ3) is 7.04. The van der Waals surface area contributed by atoms with Crippen LogP contribution in [0.15, 0.2) is 23.5 Å². The van der Waals surface area contributed by atoms with Gasteiger partial charge in [-0.25, -0.2) is 9.97 Å². The van der Waals surface area contributed by atoms with Gasteiger partial charge >= 0.3 is 11.9 Å². The third-order valence-electron chi connectivity index (χ3n) is 18.1. The number of aliphatic hydroxyl groups is 1. The Kier molecular flexibility index (Phi) is 11.5. The third-order valence-corrected chi connectivity index (χ3v) is 18.3. The molecule has 0 radical (unpaired) electrons. The zero-order chi connectivity index (χ0) is 43.3. The molecule has 7 rings (SSSR count). The van der Waals surface area contributed by atoms with E-state index in [1.54, 1.807) is 26.2 Å². The van der Waals surface area contributed by atoms with Gasteiger partial charge in [0.15, 0.2) is 5.78 Å². The van der Waals surface area contributed by atoms with Crippen LogP contribution in [0.2, 0.25) is 5.02 Å². The summed E-state index contributed by atoms with van der Waals surface area (Å²) < 4.78 is 6.21. The Morgan fingerprint density at radius 2 is 1.58 bits per heavy atom. The molecule has 11 heteroatoms. The van der Waals surface area contributed by atoms with Gasteiger partial charge in [-0.3, -0.25) is 19.3 Å². The summed E-state index contributed by atoms with van der Waals surface area (Å²) in [6, 6.07) is 0. The van der Waals surface area contributed by atoms with Crippen LogP contribution in [0, 0.1) is 56.2 Å². The molecule has 0 amide bonds. The second-order valence-corrected chi connectivity index (χ2v) is 23.0. The van der Waals surface area contributed by atoms with Gasteiger partial charge in [-0.15, -0.1) is 0 Å². The maximum absolute atomic E-state index is 14.4. The van der Waals surface area contributed by atoms with E-state index in [1.807, 2.05) is 0 Å². The van der Waals surface area contributed by atoms with Crippen molar-refractivity contribution in [3.63, 3.8) is 0 Å². The number of aromatic nitrogens is 2. The molecule has 6 aliphatic carbocycles. The molecule has 0 spiro atoms. The minimum atomic E-state index is -1.18. The summed E-state index contributed by atoms with van der Waals surface area (Å²) in [5.74, 6) is 0.671. The van der Waals surface area contributed by atoms with Crippen molar-refractivity contribution >= 4 is 29.3 Å². The average molecular weight is 838 g/mol. The Labute approximate surface area is 358 Å². The van der Waals surface area contributed by atoms with Crippen LogP contribution in [-0.4, -0.2) is 93.6 Å². The topological polar surface area (TPSA) is 133 Å². The minimum absolute atomic E-state index is 0.0197. The number of hydrogen-bond donors (Lipinski definition) is 2. The number of ketones is 1. The number of hydrogen-bond acceptors (Lipinski definition) is 9. The SMILES string of the molecule is CC(C)C1=C2C3CCC4C5(C)CCC(OC(=O)CC(C)(C)C(=O)O)C(C)(C)C5CCC4(C)C3(C)CCC2(C(O)CN(CCN(C)C)C2(c3ncc(Cl)cn3)CC2)CC1=O. The first kappa shape index (κ1) is 44.6. The maximum Gasteiger partial charge on any atom is 0.309 e. The summed E-state index contributed by atoms with van der Waals surface area (Å²) in [5.41, 5.74) is -0.117. The van der Waals surface area contributed by atoms with Gasteiger partial charge in [0.1, 0.15) is 11.9 Å². The first-order valence-electron chi connectivity index (χ1n) is 22.7. The number of rotatable bonds is 13. The number of nitrogens with zero attached hydrogens (tertiary/aromatic N) is 4. The van der Waals surface area contributed by atoms with E-state index >= 15 is 0 Å². The van der Waals surface area contributed by atoms with E-state index in [0.29, 0.717) is 29.8 Å². The zero-order valence-corrected chi connectivity index (χ0v) is 38.7. The lowest BCUT2D eigenvalue weighted by molar-refractivity contribution is -0.235. The monoisotopic (exact) mass is 837 g/mol. The van der Waals surface area contributed by atoms with Gasteiger partial charge in [-0.2, -0.15) is 0 Å². The zero-order valence-electron chi connectivity index (χ0n) is 37.9. The second-order valence-electron chi connectivity index (χ2n) is 22.6. The fourth-order valence-corrected chi connectivity index (χ4v) is 14.5. The molecule has 9 atom stereocenters. The molecule has 59 heavy (non-hydrogen) atoms. The molecule has 1 heterocycles. The highest BCUT2D eigenvalue weighted by Crippen LogP contribution is 2.77. The van der Waals surface area contributed by atoms with Crippen LogP contribution >= 0.6 is 11.6 Å². The Hall–Kier alpha value is -2.40. The van der Waals surface area contributed by atoms with Crippen LogP contribution in [0.25, 0.3) is 0 Å². The van der Waals surface area contributed by atoms with Crippen LogP contribution in [0.1, 0.15) is 145 Å². The minimum Gasteiger partial charge on any atom is -0.481 e. The molecule has 0 aliphatic heterocycles. The van der Waals surface area contributed by atoms with Gasteiger partial charge in [0.05, 0.1) is 28.5 Å². The summed E-state index contributed by atoms with van der Waals surface area (Å²) in [4.78, 5) is 53.4. The Bertz CT molecular complexity index is 1860. The molecular formula is C48H73ClN4O6. The fourth-order valence-electron chi connectivity index (χ4n) is 14.4. The van der Waals surface area contributed by atoms with Crippen LogP contribution in [0.3, 0.4) is 0 Å². The molecule has 1 aromatic rings. The van der Waals surface area contributed by atoms with Crippen LogP contribution in [0.4, 0.5) is 0 Å². The molecule has 0 bridgehead atoms. The Morgan fingerprint density at radius 1 is 0.915 bits per heavy atom. The van der Waals surface area contributed by atoms with Crippen molar-refractivity contribution in [3.05, 3.63) is 34.4 Å². The van der Waals surface area contributed by atoms with E-state index in [-0.39, 0.29) is 57.3 Å². The molecule has 2 N–H and O–H groups in total. The Balaban J connectivity index is 1.18. The van der Waals surface area contributed by atoms with Crippen molar-refractivity contribution < 1.29 is 29.3 Å². The first-order valence-corrected chi connectivity index (χ1v) is 23.0. The van der Waals surface area contributed by atoms with Crippen LogP contribution < -0.4 is 0 Å². The molecule has 328 valence electrons. The normalized spacial score (nSPS) is 36.5. The number of halogens is 1. The van der Waals surface area contributed by atoms with Gasteiger partial charge in [0, 0.05) is 49.3 Å². The number of Topliss-reactive ketones (excluding diaryl/α,β-unsaturated/α-hetero) is 1. The van der Waals surface area contributed by atoms with Crippen molar-refractivity contribution in [3.8, 4) is 0 Å². The maximum atomic E-state index is 14.4. The quantitative estimate of drug-likeness (QED) is 0.186. The molecule has 9 unspecified atom stereocenters. The molecule has 5 fully saturated rings. The number of carbonyl (C=O) groups is 3. The molecule has 5 saturated carbocycles. The van der Waals surface area contributed by atoms with Gasteiger partial charge in [0.2, 0.25) is 0 Å². The van der Waals surface area contributed by atoms with Gasteiger partial charge in [0.25, 0.3) is 0 Å². The van der Waals surface area contributed by atoms with E-state index in [2.05, 4.69) is 72.4 Å². The summed E-state index contributed by atoms with van der Waals surface area (Å²) in [6.07, 6.45) is 12.1. The number of fused-ring (bicyclic) bond motifs is 7. The first-order chi connectivity index (χ1) is 27.4. The lowest BCUT2D eigenvalue weighted by atomic mass is 9.33. The number of esters is 1. The van der Waals surface area contributed by atoms with Crippen LogP contribution in [0.5, 0.6) is 0 Å². The predicted octanol–water partition coefficient (Wildman–Crippen LogP) is 8.74. The van der Waals surface area contributed by atoms with Gasteiger partial charge < -0.3 is 19.8 Å². The molecule has 0 saturated heterocycles. The highest BCUT2D eigenvalue weighted by Gasteiger charge is 2.71. The van der Waals surface area contributed by atoms with Crippen molar-refractivity contribution in [1.82, 2.24) is 19.8 Å². The lowest BCUT2D eigenvalue weighted by Crippen LogP contribution is -2.66. The molecule has 6 aliphatic rings. The number of allylic oxidation sites excluding steroid dienone is 1. The van der Waals surface area contributed by atoms with E-state index in [9.17, 15) is 24.6 Å². The number of aliphatic carboxylic acids is 1. The van der Waals surface area contributed by atoms with E-state index in [4.69, 9.17) is 26.3 Å². The lowest BCUT2D eigenvalue weighted by Gasteiger charge is -2.72. The molecule has 10 nitrogen and oxygen atoms in total. The second kappa shape index (κ2) is 15.1. The fraction of sp³-hybridized carbons (Fsp3) is 0.812. The Morgan fingerprint density at radius 3 is 2.17 bits per heavy atom. The summed E-state index contributed by atoms with van der Waals surface area (Å²) >= 11 is 6.23. The van der Waals surface area contributed by atoms with Crippen molar-refractivity contribution in [2.45, 2.75) is 157 Å². The summed E-state index contributed by atoms with van der Waals surface area (Å²) in [5, 5.41) is 23.1. The summed E-state index contributed by atoms with van der Waals surface area (Å²) in [7, 11) is 4.16. The number of carbonyl (C=O) groups excluding carboxylic acids is 2. The van der Waals surface area contributed by atoms with E-state index < -0.39 is 28.9 Å². The highest BCUT2D eigenvalue weighted by atomic mass is 35.5. The summed E-state index contributed by atoms with van der Waals surface area (Å²) in [6.45, 7) is 21.7.